The van der Waals surface area contributed by atoms with Crippen molar-refractivity contribution in [1.82, 2.24) is 10.4 Å². The lowest BCUT2D eigenvalue weighted by molar-refractivity contribution is 0.534. The Morgan fingerprint density at radius 3 is 2.74 bits per heavy atom. The highest BCUT2D eigenvalue weighted by atomic mass is 19.1. The van der Waals surface area contributed by atoms with E-state index in [0.717, 1.165) is 18.1 Å². The quantitative estimate of drug-likeness (QED) is 0.658. The van der Waals surface area contributed by atoms with Gasteiger partial charge in [0.1, 0.15) is 11.6 Å². The number of nitrogens with zero attached hydrogens (tertiary/aromatic N) is 1. The zero-order chi connectivity index (χ0) is 13.8. The van der Waals surface area contributed by atoms with Gasteiger partial charge in [-0.15, -0.1) is 0 Å². The van der Waals surface area contributed by atoms with Crippen molar-refractivity contribution in [3.8, 4) is 0 Å². The lowest BCUT2D eigenvalue weighted by Crippen LogP contribution is -2.31. The molecular formula is C14H15F2N3. The van der Waals surface area contributed by atoms with Crippen molar-refractivity contribution in [1.29, 1.82) is 0 Å². The Morgan fingerprint density at radius 2 is 2.11 bits per heavy atom. The summed E-state index contributed by atoms with van der Waals surface area (Å²) in [5.41, 5.74) is 4.44. The summed E-state index contributed by atoms with van der Waals surface area (Å²) >= 11 is 0. The van der Waals surface area contributed by atoms with Crippen LogP contribution in [0.3, 0.4) is 0 Å². The molecular weight excluding hydrogens is 248 g/mol. The van der Waals surface area contributed by atoms with E-state index in [1.165, 1.54) is 12.1 Å². The molecule has 3 nitrogen and oxygen atoms in total. The van der Waals surface area contributed by atoms with Gasteiger partial charge in [0.2, 0.25) is 0 Å². The summed E-state index contributed by atoms with van der Waals surface area (Å²) in [4.78, 5) is 4.26. The highest BCUT2D eigenvalue weighted by Crippen LogP contribution is 2.25. The summed E-state index contributed by atoms with van der Waals surface area (Å²) in [5, 5.41) is 0. The fraction of sp³-hybridized carbons (Fsp3) is 0.214. The molecule has 1 aromatic carbocycles. The molecule has 19 heavy (non-hydrogen) atoms. The fourth-order valence-electron chi connectivity index (χ4n) is 2.06. The number of aromatic nitrogens is 1. The molecule has 100 valence electrons. The Kier molecular flexibility index (Phi) is 4.19. The monoisotopic (exact) mass is 263 g/mol. The first-order chi connectivity index (χ1) is 9.17. The number of hydrogen-bond donors (Lipinski definition) is 2. The molecule has 0 aliphatic carbocycles. The number of nitrogens with two attached hydrogens (primary N) is 1. The fourth-order valence-corrected chi connectivity index (χ4v) is 2.06. The van der Waals surface area contributed by atoms with Crippen molar-refractivity contribution in [2.75, 3.05) is 0 Å². The zero-order valence-electron chi connectivity index (χ0n) is 10.5. The first-order valence-corrected chi connectivity index (χ1v) is 6.02. The van der Waals surface area contributed by atoms with Gasteiger partial charge >= 0.3 is 0 Å². The average Bonchev–Trinajstić information content (AvgIpc) is 2.42. The zero-order valence-corrected chi connectivity index (χ0v) is 10.5. The third kappa shape index (κ3) is 2.77. The molecule has 3 N–H and O–H groups in total. The van der Waals surface area contributed by atoms with Gasteiger partial charge in [-0.05, 0) is 24.1 Å². The summed E-state index contributed by atoms with van der Waals surface area (Å²) in [5.74, 6) is 4.26. The molecule has 1 atom stereocenters. The number of hydrogen-bond acceptors (Lipinski definition) is 3. The molecule has 0 bridgehead atoms. The maximum Gasteiger partial charge on any atom is 0.131 e. The van der Waals surface area contributed by atoms with Crippen LogP contribution in [0.4, 0.5) is 8.78 Å². The Balaban J connectivity index is 2.50. The van der Waals surface area contributed by atoms with Gasteiger partial charge in [0.15, 0.2) is 0 Å². The van der Waals surface area contributed by atoms with Gasteiger partial charge in [0.05, 0.1) is 11.7 Å². The number of aryl methyl sites for hydroxylation is 1. The minimum absolute atomic E-state index is 0.275. The van der Waals surface area contributed by atoms with Crippen LogP contribution in [0, 0.1) is 11.6 Å². The molecule has 5 heteroatoms. The van der Waals surface area contributed by atoms with Crippen LogP contribution in [0.25, 0.3) is 0 Å². The van der Waals surface area contributed by atoms with Crippen molar-refractivity contribution in [3.05, 3.63) is 65.0 Å². The molecule has 1 aromatic heterocycles. The summed E-state index contributed by atoms with van der Waals surface area (Å²) in [6, 6.07) is 6.55. The largest absolute Gasteiger partial charge is 0.271 e. The Hall–Kier alpha value is -1.85. The first-order valence-electron chi connectivity index (χ1n) is 6.02. The lowest BCUT2D eigenvalue weighted by Gasteiger charge is -2.19. The third-order valence-electron chi connectivity index (χ3n) is 3.02. The average molecular weight is 263 g/mol. The number of benzene rings is 1. The maximum absolute atomic E-state index is 13.8. The third-order valence-corrected chi connectivity index (χ3v) is 3.02. The Labute approximate surface area is 110 Å². The van der Waals surface area contributed by atoms with Crippen LogP contribution in [0.5, 0.6) is 0 Å². The second-order valence-corrected chi connectivity index (χ2v) is 4.17. The van der Waals surface area contributed by atoms with Gasteiger partial charge in [-0.3, -0.25) is 10.8 Å². The van der Waals surface area contributed by atoms with Crippen molar-refractivity contribution >= 4 is 0 Å². The van der Waals surface area contributed by atoms with Gasteiger partial charge < -0.3 is 0 Å². The number of pyridine rings is 1. The minimum Gasteiger partial charge on any atom is -0.271 e. The highest BCUT2D eigenvalue weighted by molar-refractivity contribution is 5.33. The van der Waals surface area contributed by atoms with E-state index >= 15 is 0 Å². The summed E-state index contributed by atoms with van der Waals surface area (Å²) in [7, 11) is 0. The van der Waals surface area contributed by atoms with Crippen LogP contribution in [0.1, 0.15) is 29.8 Å². The van der Waals surface area contributed by atoms with Crippen LogP contribution in [-0.4, -0.2) is 4.98 Å². The minimum atomic E-state index is -0.643. The van der Waals surface area contributed by atoms with Crippen LogP contribution in [-0.2, 0) is 6.42 Å². The van der Waals surface area contributed by atoms with E-state index in [0.29, 0.717) is 5.69 Å². The summed E-state index contributed by atoms with van der Waals surface area (Å²) in [6.07, 6.45) is 2.38. The van der Waals surface area contributed by atoms with E-state index in [9.17, 15) is 8.78 Å². The summed E-state index contributed by atoms with van der Waals surface area (Å²) < 4.78 is 26.8. The summed E-state index contributed by atoms with van der Waals surface area (Å²) in [6.45, 7) is 1.98. The van der Waals surface area contributed by atoms with Gasteiger partial charge in [-0.2, -0.15) is 0 Å². The van der Waals surface area contributed by atoms with Crippen molar-refractivity contribution in [3.63, 3.8) is 0 Å². The topological polar surface area (TPSA) is 50.9 Å². The van der Waals surface area contributed by atoms with E-state index in [1.807, 2.05) is 19.1 Å². The van der Waals surface area contributed by atoms with Crippen LogP contribution in [0.2, 0.25) is 0 Å². The van der Waals surface area contributed by atoms with Crippen LogP contribution < -0.4 is 11.3 Å². The molecule has 0 aliphatic rings. The Bertz CT molecular complexity index is 572. The SMILES string of the molecule is CCc1cccnc1C(NN)c1ccc(F)cc1F. The molecule has 2 rings (SSSR count). The highest BCUT2D eigenvalue weighted by Gasteiger charge is 2.20. The number of rotatable bonds is 4. The van der Waals surface area contributed by atoms with Crippen LogP contribution >= 0.6 is 0 Å². The van der Waals surface area contributed by atoms with Crippen molar-refractivity contribution in [2.45, 2.75) is 19.4 Å². The molecule has 1 heterocycles. The molecule has 1 unspecified atom stereocenters. The van der Waals surface area contributed by atoms with E-state index in [1.54, 1.807) is 6.20 Å². The van der Waals surface area contributed by atoms with E-state index in [2.05, 4.69) is 10.4 Å². The maximum atomic E-state index is 13.8. The second-order valence-electron chi connectivity index (χ2n) is 4.17. The first kappa shape index (κ1) is 13.6. The van der Waals surface area contributed by atoms with Gasteiger partial charge in [-0.25, -0.2) is 14.2 Å². The van der Waals surface area contributed by atoms with Crippen molar-refractivity contribution in [2.24, 2.45) is 5.84 Å². The molecule has 0 saturated heterocycles. The predicted molar refractivity (Wildman–Crippen MR) is 69.1 cm³/mol. The number of hydrazine groups is 1. The van der Waals surface area contributed by atoms with E-state index in [4.69, 9.17) is 5.84 Å². The second kappa shape index (κ2) is 5.86. The van der Waals surface area contributed by atoms with Gasteiger partial charge in [0.25, 0.3) is 0 Å². The van der Waals surface area contributed by atoms with Gasteiger partial charge in [-0.1, -0.05) is 19.1 Å². The standard InChI is InChI=1S/C14H15F2N3/c1-2-9-4-3-7-18-13(9)14(19-17)11-6-5-10(15)8-12(11)16/h3-8,14,19H,2,17H2,1H3. The molecule has 0 amide bonds. The van der Waals surface area contributed by atoms with Crippen molar-refractivity contribution < 1.29 is 8.78 Å². The molecule has 0 fully saturated rings. The predicted octanol–water partition coefficient (Wildman–Crippen LogP) is 2.47. The molecule has 0 aliphatic heterocycles. The Morgan fingerprint density at radius 1 is 1.32 bits per heavy atom. The number of halogens is 2. The van der Waals surface area contributed by atoms with Gasteiger partial charge in [0, 0.05) is 17.8 Å². The van der Waals surface area contributed by atoms with Crippen LogP contribution in [0.15, 0.2) is 36.5 Å². The molecule has 0 spiro atoms. The molecule has 0 radical (unpaired) electrons. The smallest absolute Gasteiger partial charge is 0.131 e. The van der Waals surface area contributed by atoms with E-state index < -0.39 is 17.7 Å². The molecule has 2 aromatic rings. The number of nitrogens with one attached hydrogen (secondary N) is 1. The lowest BCUT2D eigenvalue weighted by atomic mass is 9.98. The normalized spacial score (nSPS) is 12.4. The van der Waals surface area contributed by atoms with E-state index in [-0.39, 0.29) is 5.56 Å². The molecule has 0 saturated carbocycles.